The molecular formula is C13H12N2O2. The molecule has 0 aliphatic carbocycles. The van der Waals surface area contributed by atoms with Crippen LogP contribution in [-0.2, 0) is 4.79 Å². The highest BCUT2D eigenvalue weighted by Gasteiger charge is 2.02. The normalized spacial score (nSPS) is 13.8. The Morgan fingerprint density at radius 2 is 2.18 bits per heavy atom. The lowest BCUT2D eigenvalue weighted by molar-refractivity contribution is -0.131. The Hall–Kier alpha value is -2.36. The van der Waals surface area contributed by atoms with Crippen molar-refractivity contribution < 1.29 is 9.90 Å². The number of fused-ring (bicyclic) bond motifs is 1. The van der Waals surface area contributed by atoms with Crippen LogP contribution in [0, 0.1) is 0 Å². The third-order valence-electron chi connectivity index (χ3n) is 2.32. The van der Waals surface area contributed by atoms with E-state index in [-0.39, 0.29) is 0 Å². The molecular weight excluding hydrogens is 216 g/mol. The minimum atomic E-state index is -0.945. The maximum Gasteiger partial charge on any atom is 0.327 e. The number of nitrogens with zero attached hydrogens (tertiary/aromatic N) is 1. The van der Waals surface area contributed by atoms with Gasteiger partial charge in [0.15, 0.2) is 0 Å². The van der Waals surface area contributed by atoms with Crippen LogP contribution in [0.1, 0.15) is 12.0 Å². The zero-order valence-corrected chi connectivity index (χ0v) is 9.13. The first-order valence-corrected chi connectivity index (χ1v) is 5.25. The Kier molecular flexibility index (Phi) is 3.35. The maximum absolute atomic E-state index is 10.3. The summed E-state index contributed by atoms with van der Waals surface area (Å²) >= 11 is 0. The number of benzene rings is 1. The van der Waals surface area contributed by atoms with E-state index < -0.39 is 5.97 Å². The molecule has 2 N–H and O–H groups in total. The molecule has 1 aromatic carbocycles. The molecule has 0 unspecified atom stereocenters. The predicted octanol–water partition coefficient (Wildman–Crippen LogP) is 2.51. The minimum Gasteiger partial charge on any atom is -0.478 e. The number of carboxylic acids is 1. The van der Waals surface area contributed by atoms with Gasteiger partial charge in [-0.1, -0.05) is 30.4 Å². The summed E-state index contributed by atoms with van der Waals surface area (Å²) in [7, 11) is 0. The number of allylic oxidation sites excluding steroid dienone is 2. The molecule has 0 saturated carbocycles. The number of hydrogen-bond acceptors (Lipinski definition) is 3. The quantitative estimate of drug-likeness (QED) is 0.781. The van der Waals surface area contributed by atoms with Crippen LogP contribution in [0.4, 0.5) is 5.69 Å². The van der Waals surface area contributed by atoms with E-state index >= 15 is 0 Å². The van der Waals surface area contributed by atoms with Gasteiger partial charge in [0, 0.05) is 12.5 Å². The topological polar surface area (TPSA) is 61.7 Å². The van der Waals surface area contributed by atoms with Crippen LogP contribution in [0.15, 0.2) is 47.6 Å². The molecule has 0 fully saturated rings. The van der Waals surface area contributed by atoms with Crippen molar-refractivity contribution in [3.63, 3.8) is 0 Å². The summed E-state index contributed by atoms with van der Waals surface area (Å²) < 4.78 is 0. The fourth-order valence-electron chi connectivity index (χ4n) is 1.49. The van der Waals surface area contributed by atoms with Gasteiger partial charge in [0.25, 0.3) is 0 Å². The molecule has 1 aromatic rings. The van der Waals surface area contributed by atoms with Crippen molar-refractivity contribution in [2.24, 2.45) is 5.10 Å². The number of para-hydroxylation sites is 1. The van der Waals surface area contributed by atoms with Crippen molar-refractivity contribution in [2.75, 3.05) is 5.43 Å². The van der Waals surface area contributed by atoms with Crippen LogP contribution < -0.4 is 5.43 Å². The zero-order valence-electron chi connectivity index (χ0n) is 9.13. The molecule has 0 amide bonds. The molecule has 0 spiro atoms. The van der Waals surface area contributed by atoms with Crippen molar-refractivity contribution in [1.29, 1.82) is 0 Å². The summed E-state index contributed by atoms with van der Waals surface area (Å²) in [5.74, 6) is -0.945. The van der Waals surface area contributed by atoms with Gasteiger partial charge in [-0.3, -0.25) is 5.43 Å². The molecule has 1 heterocycles. The average molecular weight is 228 g/mol. The van der Waals surface area contributed by atoms with Gasteiger partial charge in [-0.15, -0.1) is 0 Å². The second-order valence-electron chi connectivity index (χ2n) is 3.58. The lowest BCUT2D eigenvalue weighted by Crippen LogP contribution is -1.96. The molecule has 17 heavy (non-hydrogen) atoms. The van der Waals surface area contributed by atoms with Crippen LogP contribution >= 0.6 is 0 Å². The first-order valence-electron chi connectivity index (χ1n) is 5.25. The van der Waals surface area contributed by atoms with Crippen LogP contribution in [0.3, 0.4) is 0 Å². The molecule has 1 aliphatic heterocycles. The molecule has 4 heteroatoms. The second kappa shape index (κ2) is 5.12. The highest BCUT2D eigenvalue weighted by molar-refractivity contribution is 6.01. The number of rotatable bonds is 3. The summed E-state index contributed by atoms with van der Waals surface area (Å²) in [5.41, 5.74) is 5.76. The standard InChI is InChI=1S/C13H12N2O2/c16-13(17)7-3-5-11-9-8-10-4-1-2-6-12(10)15-14-11/h1-4,6-9,15H,5H2,(H,16,17). The highest BCUT2D eigenvalue weighted by atomic mass is 16.4. The largest absolute Gasteiger partial charge is 0.478 e. The molecule has 0 bridgehead atoms. The molecule has 0 saturated heterocycles. The Labute approximate surface area is 99.0 Å². The molecule has 0 aromatic heterocycles. The van der Waals surface area contributed by atoms with Gasteiger partial charge < -0.3 is 5.11 Å². The van der Waals surface area contributed by atoms with Crippen molar-refractivity contribution >= 4 is 23.4 Å². The van der Waals surface area contributed by atoms with E-state index in [1.54, 1.807) is 6.08 Å². The number of carbonyl (C=O) groups is 1. The fourth-order valence-corrected chi connectivity index (χ4v) is 1.49. The van der Waals surface area contributed by atoms with E-state index in [2.05, 4.69) is 10.5 Å². The number of hydrogen-bond donors (Lipinski definition) is 2. The number of anilines is 1. The van der Waals surface area contributed by atoms with E-state index in [1.165, 1.54) is 0 Å². The lowest BCUT2D eigenvalue weighted by atomic mass is 10.1. The monoisotopic (exact) mass is 228 g/mol. The molecule has 0 radical (unpaired) electrons. The van der Waals surface area contributed by atoms with Gasteiger partial charge in [0.2, 0.25) is 0 Å². The Morgan fingerprint density at radius 3 is 3.00 bits per heavy atom. The van der Waals surface area contributed by atoms with E-state index in [0.717, 1.165) is 23.0 Å². The summed E-state index contributed by atoms with van der Waals surface area (Å²) in [6.45, 7) is 0. The molecule has 2 rings (SSSR count). The molecule has 1 aliphatic rings. The average Bonchev–Trinajstić information content (AvgIpc) is 2.52. The predicted molar refractivity (Wildman–Crippen MR) is 67.9 cm³/mol. The number of aliphatic carboxylic acids is 1. The van der Waals surface area contributed by atoms with E-state index in [9.17, 15) is 4.79 Å². The summed E-state index contributed by atoms with van der Waals surface area (Å²) in [5, 5.41) is 12.7. The van der Waals surface area contributed by atoms with E-state index in [4.69, 9.17) is 5.11 Å². The summed E-state index contributed by atoms with van der Waals surface area (Å²) in [4.78, 5) is 10.3. The lowest BCUT2D eigenvalue weighted by Gasteiger charge is -2.01. The van der Waals surface area contributed by atoms with E-state index in [1.807, 2.05) is 36.4 Å². The summed E-state index contributed by atoms with van der Waals surface area (Å²) in [6, 6.07) is 7.83. The first kappa shape index (κ1) is 11.1. The zero-order chi connectivity index (χ0) is 12.1. The van der Waals surface area contributed by atoms with Gasteiger partial charge >= 0.3 is 5.97 Å². The highest BCUT2D eigenvalue weighted by Crippen LogP contribution is 2.19. The molecule has 0 atom stereocenters. The van der Waals surface area contributed by atoms with Gasteiger partial charge in [-0.25, -0.2) is 4.79 Å². The van der Waals surface area contributed by atoms with Crippen molar-refractivity contribution in [1.82, 2.24) is 0 Å². The van der Waals surface area contributed by atoms with E-state index in [0.29, 0.717) is 6.42 Å². The third kappa shape index (κ3) is 3.04. The smallest absolute Gasteiger partial charge is 0.327 e. The Morgan fingerprint density at radius 1 is 1.35 bits per heavy atom. The summed E-state index contributed by atoms with van der Waals surface area (Å²) in [6.07, 6.45) is 7.02. The van der Waals surface area contributed by atoms with Crippen molar-refractivity contribution in [3.05, 3.63) is 48.1 Å². The number of hydrazone groups is 1. The van der Waals surface area contributed by atoms with Crippen molar-refractivity contribution in [2.45, 2.75) is 6.42 Å². The van der Waals surface area contributed by atoms with Gasteiger partial charge in [-0.2, -0.15) is 5.10 Å². The van der Waals surface area contributed by atoms with Crippen LogP contribution in [0.2, 0.25) is 0 Å². The second-order valence-corrected chi connectivity index (χ2v) is 3.58. The Balaban J connectivity index is 2.09. The molecule has 4 nitrogen and oxygen atoms in total. The van der Waals surface area contributed by atoms with Gasteiger partial charge in [0.1, 0.15) is 0 Å². The fraction of sp³-hybridized carbons (Fsp3) is 0.0769. The third-order valence-corrected chi connectivity index (χ3v) is 2.32. The number of nitrogens with one attached hydrogen (secondary N) is 1. The van der Waals surface area contributed by atoms with Crippen LogP contribution in [0.25, 0.3) is 6.08 Å². The maximum atomic E-state index is 10.3. The minimum absolute atomic E-state index is 0.490. The van der Waals surface area contributed by atoms with Gasteiger partial charge in [-0.05, 0) is 17.7 Å². The van der Waals surface area contributed by atoms with Gasteiger partial charge in [0.05, 0.1) is 11.4 Å². The van der Waals surface area contributed by atoms with Crippen LogP contribution in [-0.4, -0.2) is 16.8 Å². The number of carboxylic acid groups (broad SMARTS) is 1. The molecule has 86 valence electrons. The first-order chi connectivity index (χ1) is 8.25. The SMILES string of the molecule is O=C(O)C=CCC1=NNc2ccccc2C=C1. The van der Waals surface area contributed by atoms with Crippen LogP contribution in [0.5, 0.6) is 0 Å². The van der Waals surface area contributed by atoms with Crippen molar-refractivity contribution in [3.8, 4) is 0 Å². The Bertz CT molecular complexity index is 516.